The maximum atomic E-state index is 5.45. The smallest absolute Gasteiger partial charge is 0.0692 e. The quantitative estimate of drug-likeness (QED) is 0.212. The van der Waals surface area contributed by atoms with Crippen LogP contribution in [0.3, 0.4) is 0 Å². The van der Waals surface area contributed by atoms with Crippen LogP contribution >= 0.6 is 7.92 Å². The van der Waals surface area contributed by atoms with Crippen molar-refractivity contribution in [3.63, 3.8) is 0 Å². The van der Waals surface area contributed by atoms with E-state index in [-0.39, 0.29) is 5.16 Å². The van der Waals surface area contributed by atoms with Gasteiger partial charge in [-0.25, -0.2) is 0 Å². The normalized spacial score (nSPS) is 12.2. The highest BCUT2D eigenvalue weighted by atomic mass is 31.1. The fraction of sp³-hybridized carbons (Fsp3) is 0.194. The highest BCUT2D eigenvalue weighted by Crippen LogP contribution is 2.50. The Labute approximate surface area is 200 Å². The fourth-order valence-electron chi connectivity index (χ4n) is 4.67. The van der Waals surface area contributed by atoms with Crippen LogP contribution in [0.2, 0.25) is 0 Å². The van der Waals surface area contributed by atoms with Crippen molar-refractivity contribution in [1.29, 1.82) is 0 Å². The summed E-state index contributed by atoms with van der Waals surface area (Å²) >= 11 is 0. The third-order valence-electron chi connectivity index (χ3n) is 6.07. The molecular formula is C31H32NP. The van der Waals surface area contributed by atoms with Crippen molar-refractivity contribution in [2.45, 2.75) is 39.8 Å². The lowest BCUT2D eigenvalue weighted by atomic mass is 9.97. The van der Waals surface area contributed by atoms with Gasteiger partial charge in [0.1, 0.15) is 0 Å². The molecule has 0 aliphatic rings. The fourth-order valence-corrected chi connectivity index (χ4v) is 7.59. The zero-order valence-corrected chi connectivity index (χ0v) is 21.1. The average Bonchev–Trinajstić information content (AvgIpc) is 2.80. The molecule has 4 rings (SSSR count). The van der Waals surface area contributed by atoms with Gasteiger partial charge in [-0.05, 0) is 69.8 Å². The minimum absolute atomic E-state index is 0.205. The highest BCUT2D eigenvalue weighted by molar-refractivity contribution is 7.75. The van der Waals surface area contributed by atoms with Gasteiger partial charge in [0, 0.05) is 5.16 Å². The van der Waals surface area contributed by atoms with Crippen LogP contribution in [0.25, 0.3) is 0 Å². The van der Waals surface area contributed by atoms with Crippen LogP contribution in [0, 0.1) is 20.8 Å². The standard InChI is InChI=1S/C31H32NP/c1-23-21-24(2)29(25(3)22-23)32-30(26-15-9-6-10-16-26)31(4,5)33(27-17-11-7-12-18-27)28-19-13-8-14-20-28/h6-22H,1-5H3. The van der Waals surface area contributed by atoms with E-state index in [1.54, 1.807) is 0 Å². The number of rotatable bonds is 6. The van der Waals surface area contributed by atoms with Crippen LogP contribution in [-0.4, -0.2) is 10.9 Å². The van der Waals surface area contributed by atoms with Gasteiger partial charge < -0.3 is 0 Å². The van der Waals surface area contributed by atoms with Gasteiger partial charge in [-0.2, -0.15) is 0 Å². The van der Waals surface area contributed by atoms with Crippen molar-refractivity contribution in [3.8, 4) is 0 Å². The van der Waals surface area contributed by atoms with Crippen LogP contribution in [0.1, 0.15) is 36.1 Å². The van der Waals surface area contributed by atoms with E-state index < -0.39 is 7.92 Å². The molecule has 1 nitrogen and oxygen atoms in total. The molecule has 0 amide bonds. The van der Waals surface area contributed by atoms with Crippen LogP contribution in [0.5, 0.6) is 0 Å². The molecular weight excluding hydrogens is 417 g/mol. The molecule has 0 heterocycles. The minimum Gasteiger partial charge on any atom is -0.251 e. The van der Waals surface area contributed by atoms with Gasteiger partial charge in [0.25, 0.3) is 0 Å². The molecule has 166 valence electrons. The van der Waals surface area contributed by atoms with E-state index in [1.807, 2.05) is 0 Å². The van der Waals surface area contributed by atoms with Gasteiger partial charge in [-0.15, -0.1) is 0 Å². The number of aryl methyl sites for hydroxylation is 3. The molecule has 0 saturated carbocycles. The zero-order valence-electron chi connectivity index (χ0n) is 20.2. The Morgan fingerprint density at radius 2 is 1.06 bits per heavy atom. The number of aliphatic imine (C=N–C) groups is 1. The molecule has 0 saturated heterocycles. The van der Waals surface area contributed by atoms with Crippen molar-refractivity contribution in [1.82, 2.24) is 0 Å². The molecule has 0 aliphatic heterocycles. The largest absolute Gasteiger partial charge is 0.251 e. The average molecular weight is 450 g/mol. The van der Waals surface area contributed by atoms with E-state index in [0.29, 0.717) is 0 Å². The summed E-state index contributed by atoms with van der Waals surface area (Å²) < 4.78 is 0. The molecule has 0 fully saturated rings. The molecule has 0 bridgehead atoms. The third-order valence-corrected chi connectivity index (χ3v) is 9.03. The first-order chi connectivity index (χ1) is 15.9. The topological polar surface area (TPSA) is 12.4 Å². The van der Waals surface area contributed by atoms with Gasteiger partial charge in [-0.3, -0.25) is 4.99 Å². The Bertz CT molecular complexity index is 1180. The van der Waals surface area contributed by atoms with Crippen LogP contribution < -0.4 is 10.6 Å². The number of hydrogen-bond acceptors (Lipinski definition) is 1. The van der Waals surface area contributed by atoms with Gasteiger partial charge >= 0.3 is 0 Å². The first-order valence-corrected chi connectivity index (χ1v) is 12.8. The van der Waals surface area contributed by atoms with E-state index in [2.05, 4.69) is 138 Å². The van der Waals surface area contributed by atoms with Gasteiger partial charge in [0.2, 0.25) is 0 Å². The monoisotopic (exact) mass is 449 g/mol. The van der Waals surface area contributed by atoms with Crippen LogP contribution in [0.15, 0.2) is 108 Å². The Kier molecular flexibility index (Phi) is 6.91. The second kappa shape index (κ2) is 9.86. The second-order valence-corrected chi connectivity index (χ2v) is 12.0. The Balaban J connectivity index is 1.97. The molecule has 0 aliphatic carbocycles. The molecule has 4 aromatic rings. The van der Waals surface area contributed by atoms with Crippen molar-refractivity contribution in [2.24, 2.45) is 4.99 Å². The molecule has 0 atom stereocenters. The summed E-state index contributed by atoms with van der Waals surface area (Å²) in [5, 5.41) is 2.53. The van der Waals surface area contributed by atoms with Crippen LogP contribution in [-0.2, 0) is 0 Å². The summed E-state index contributed by atoms with van der Waals surface area (Å²) in [5.74, 6) is 0. The summed E-state index contributed by atoms with van der Waals surface area (Å²) in [6, 6.07) is 37.0. The number of benzene rings is 4. The summed E-state index contributed by atoms with van der Waals surface area (Å²) in [6.07, 6.45) is 0. The van der Waals surface area contributed by atoms with Crippen molar-refractivity contribution < 1.29 is 0 Å². The van der Waals surface area contributed by atoms with E-state index in [0.717, 1.165) is 11.4 Å². The molecule has 4 aromatic carbocycles. The molecule has 33 heavy (non-hydrogen) atoms. The second-order valence-electron chi connectivity index (χ2n) is 9.14. The Morgan fingerprint density at radius 3 is 1.52 bits per heavy atom. The SMILES string of the molecule is Cc1cc(C)c(N=C(c2ccccc2)C(C)(C)P(c2ccccc2)c2ccccc2)c(C)c1. The van der Waals surface area contributed by atoms with Gasteiger partial charge in [-0.1, -0.05) is 109 Å². The predicted molar refractivity (Wildman–Crippen MR) is 146 cm³/mol. The van der Waals surface area contributed by atoms with Crippen molar-refractivity contribution in [2.75, 3.05) is 0 Å². The summed E-state index contributed by atoms with van der Waals surface area (Å²) in [5.41, 5.74) is 7.13. The predicted octanol–water partition coefficient (Wildman–Crippen LogP) is 7.64. The van der Waals surface area contributed by atoms with E-state index in [9.17, 15) is 0 Å². The van der Waals surface area contributed by atoms with Gasteiger partial charge in [0.15, 0.2) is 0 Å². The first kappa shape index (κ1) is 23.1. The van der Waals surface area contributed by atoms with E-state index in [4.69, 9.17) is 4.99 Å². The third kappa shape index (κ3) is 5.00. The molecule has 0 unspecified atom stereocenters. The molecule has 0 aromatic heterocycles. The van der Waals surface area contributed by atoms with Gasteiger partial charge in [0.05, 0.1) is 11.4 Å². The van der Waals surface area contributed by atoms with Crippen molar-refractivity contribution >= 4 is 29.9 Å². The molecule has 0 radical (unpaired) electrons. The Hall–Kier alpha value is -3.02. The van der Waals surface area contributed by atoms with E-state index in [1.165, 1.54) is 32.9 Å². The molecule has 2 heteroatoms. The van der Waals surface area contributed by atoms with Crippen LogP contribution in [0.4, 0.5) is 5.69 Å². The summed E-state index contributed by atoms with van der Waals surface area (Å²) in [4.78, 5) is 5.45. The van der Waals surface area contributed by atoms with E-state index >= 15 is 0 Å². The zero-order chi connectivity index (χ0) is 23.4. The summed E-state index contributed by atoms with van der Waals surface area (Å²) in [6.45, 7) is 11.2. The lowest BCUT2D eigenvalue weighted by Crippen LogP contribution is -2.37. The highest BCUT2D eigenvalue weighted by Gasteiger charge is 2.37. The van der Waals surface area contributed by atoms with Crippen molar-refractivity contribution in [3.05, 3.63) is 125 Å². The maximum absolute atomic E-state index is 5.45. The molecule has 0 N–H and O–H groups in total. The number of hydrogen-bond donors (Lipinski definition) is 0. The summed E-state index contributed by atoms with van der Waals surface area (Å²) in [7, 11) is -0.710. The maximum Gasteiger partial charge on any atom is 0.0692 e. The lowest BCUT2D eigenvalue weighted by Gasteiger charge is -2.37. The first-order valence-electron chi connectivity index (χ1n) is 11.5. The molecule has 0 spiro atoms. The number of nitrogens with zero attached hydrogens (tertiary/aromatic N) is 1. The Morgan fingerprint density at radius 1 is 0.636 bits per heavy atom. The lowest BCUT2D eigenvalue weighted by molar-refractivity contribution is 0.937. The minimum atomic E-state index is -0.710.